The van der Waals surface area contributed by atoms with E-state index in [1.54, 1.807) is 26.1 Å². The molecule has 3 N–H and O–H groups in total. The van der Waals surface area contributed by atoms with Crippen molar-refractivity contribution in [1.29, 1.82) is 0 Å². The Bertz CT molecular complexity index is 736. The van der Waals surface area contributed by atoms with Crippen molar-refractivity contribution >= 4 is 23.6 Å². The number of nitrogens with zero attached hydrogens (tertiary/aromatic N) is 1. The van der Waals surface area contributed by atoms with E-state index in [0.29, 0.717) is 0 Å². The van der Waals surface area contributed by atoms with E-state index in [1.807, 2.05) is 13.8 Å². The molecule has 1 rings (SSSR count). The van der Waals surface area contributed by atoms with Crippen molar-refractivity contribution in [2.24, 2.45) is 17.3 Å². The maximum atomic E-state index is 13.1. The zero-order chi connectivity index (χ0) is 24.3. The van der Waals surface area contributed by atoms with Crippen LogP contribution in [0, 0.1) is 17.3 Å². The second-order valence-electron chi connectivity index (χ2n) is 8.82. The molecule has 8 nitrogen and oxygen atoms in total. The van der Waals surface area contributed by atoms with Crippen LogP contribution in [-0.4, -0.2) is 59.5 Å². The molecule has 0 aromatic rings. The maximum Gasteiger partial charge on any atom is 0.471 e. The number of nitrogens with one attached hydrogen (secondary N) is 3. The van der Waals surface area contributed by atoms with Gasteiger partial charge in [0.15, 0.2) is 0 Å². The van der Waals surface area contributed by atoms with E-state index in [1.165, 1.54) is 4.90 Å². The molecule has 1 fully saturated rings. The molecule has 4 atom stereocenters. The highest BCUT2D eigenvalue weighted by Gasteiger charge is 2.51. The van der Waals surface area contributed by atoms with Gasteiger partial charge < -0.3 is 20.9 Å². The molecule has 0 bridgehead atoms. The first-order valence-corrected chi connectivity index (χ1v) is 9.94. The van der Waals surface area contributed by atoms with Crippen molar-refractivity contribution in [3.8, 4) is 0 Å². The lowest BCUT2D eigenvalue weighted by atomic mass is 9.80. The number of halogens is 3. The number of carbonyl (C=O) groups excluding carboxylic acids is 4. The Morgan fingerprint density at radius 3 is 2.10 bits per heavy atom. The lowest BCUT2D eigenvalue weighted by Gasteiger charge is -2.31. The van der Waals surface area contributed by atoms with Gasteiger partial charge in [-0.2, -0.15) is 13.2 Å². The van der Waals surface area contributed by atoms with Crippen LogP contribution >= 0.6 is 0 Å². The van der Waals surface area contributed by atoms with Gasteiger partial charge in [-0.15, -0.1) is 0 Å². The molecule has 0 radical (unpaired) electrons. The van der Waals surface area contributed by atoms with Crippen molar-refractivity contribution in [3.63, 3.8) is 0 Å². The van der Waals surface area contributed by atoms with E-state index in [4.69, 9.17) is 0 Å². The predicted octanol–water partition coefficient (Wildman–Crippen LogP) is 1.33. The van der Waals surface area contributed by atoms with Crippen molar-refractivity contribution in [3.05, 3.63) is 12.7 Å². The highest BCUT2D eigenvalue weighted by molar-refractivity contribution is 5.94. The maximum absolute atomic E-state index is 13.1. The van der Waals surface area contributed by atoms with Gasteiger partial charge in [-0.3, -0.25) is 19.2 Å². The fraction of sp³-hybridized carbons (Fsp3) is 0.700. The van der Waals surface area contributed by atoms with Crippen LogP contribution < -0.4 is 16.0 Å². The Labute approximate surface area is 180 Å². The molecule has 0 spiro atoms. The Balaban J connectivity index is 3.10. The molecule has 4 amide bonds. The summed E-state index contributed by atoms with van der Waals surface area (Å²) in [4.78, 5) is 50.1. The minimum Gasteiger partial charge on any atom is -0.337 e. The molecule has 0 aromatic carbocycles. The average molecular weight is 448 g/mol. The van der Waals surface area contributed by atoms with Gasteiger partial charge in [-0.05, 0) is 30.3 Å². The molecule has 1 saturated heterocycles. The van der Waals surface area contributed by atoms with Crippen LogP contribution in [0.1, 0.15) is 41.5 Å². The number of hydrogen-bond donors (Lipinski definition) is 3. The van der Waals surface area contributed by atoms with E-state index >= 15 is 0 Å². The number of amides is 4. The molecule has 11 heteroatoms. The first-order valence-electron chi connectivity index (χ1n) is 9.94. The third-order valence-electron chi connectivity index (χ3n) is 5.59. The predicted molar refractivity (Wildman–Crippen MR) is 107 cm³/mol. The van der Waals surface area contributed by atoms with Crippen LogP contribution in [-0.2, 0) is 19.2 Å². The third-order valence-corrected chi connectivity index (χ3v) is 5.59. The summed E-state index contributed by atoms with van der Waals surface area (Å²) in [6, 6.07) is -2.47. The van der Waals surface area contributed by atoms with Crippen LogP contribution in [0.15, 0.2) is 12.7 Å². The lowest BCUT2D eigenvalue weighted by molar-refractivity contribution is -0.175. The third kappa shape index (κ3) is 6.44. The van der Waals surface area contributed by atoms with Crippen molar-refractivity contribution < 1.29 is 32.3 Å². The molecule has 1 aliphatic heterocycles. The SMILES string of the molecule is C=CC(=O)NC(NC(=O)[C@@H]1[C@H](C)C(C)(C)CN1C(=O)[C@H](C)NC(=O)C(F)(F)F)C(C)C. The summed E-state index contributed by atoms with van der Waals surface area (Å²) in [5.74, 6) is -4.60. The van der Waals surface area contributed by atoms with Crippen LogP contribution in [0.2, 0.25) is 0 Å². The smallest absolute Gasteiger partial charge is 0.337 e. The summed E-state index contributed by atoms with van der Waals surface area (Å²) in [6.07, 6.45) is -4.81. The summed E-state index contributed by atoms with van der Waals surface area (Å²) in [7, 11) is 0. The number of likely N-dealkylation sites (tertiary alicyclic amines) is 1. The summed E-state index contributed by atoms with van der Waals surface area (Å²) in [5.41, 5.74) is -0.511. The summed E-state index contributed by atoms with van der Waals surface area (Å²) < 4.78 is 37.7. The largest absolute Gasteiger partial charge is 0.471 e. The normalized spacial score (nSPS) is 22.5. The first kappa shape index (κ1) is 26.4. The molecule has 0 aromatic heterocycles. The van der Waals surface area contributed by atoms with Gasteiger partial charge in [-0.25, -0.2) is 0 Å². The minimum atomic E-state index is -5.13. The molecule has 0 aliphatic carbocycles. The van der Waals surface area contributed by atoms with E-state index in [-0.39, 0.29) is 18.4 Å². The fourth-order valence-electron chi connectivity index (χ4n) is 3.37. The zero-order valence-corrected chi connectivity index (χ0v) is 18.6. The molecule has 31 heavy (non-hydrogen) atoms. The standard InChI is InChI=1S/C20H31F3N4O4/c1-8-13(28)25-15(10(2)3)26-16(29)14-11(4)19(6,7)9-27(14)17(30)12(5)24-18(31)20(21,22)23/h8,10-12,14-15H,1,9H2,2-7H3,(H,24,31)(H,25,28)(H,26,29)/t11-,12-,14-,15?/m0/s1. The van der Waals surface area contributed by atoms with Gasteiger partial charge in [0.2, 0.25) is 17.7 Å². The minimum absolute atomic E-state index is 0.114. The van der Waals surface area contributed by atoms with E-state index in [9.17, 15) is 32.3 Å². The van der Waals surface area contributed by atoms with Gasteiger partial charge in [0, 0.05) is 6.54 Å². The average Bonchev–Trinajstić information content (AvgIpc) is 2.88. The van der Waals surface area contributed by atoms with E-state index < -0.39 is 53.5 Å². The fourth-order valence-corrected chi connectivity index (χ4v) is 3.37. The summed E-state index contributed by atoms with van der Waals surface area (Å²) in [5, 5.41) is 6.93. The lowest BCUT2D eigenvalue weighted by Crippen LogP contribution is -2.58. The molecule has 176 valence electrons. The topological polar surface area (TPSA) is 108 Å². The molecule has 0 saturated carbocycles. The van der Waals surface area contributed by atoms with Crippen LogP contribution in [0.5, 0.6) is 0 Å². The summed E-state index contributed by atoms with van der Waals surface area (Å²) >= 11 is 0. The van der Waals surface area contributed by atoms with Gasteiger partial charge in [0.1, 0.15) is 18.2 Å². The number of carbonyl (C=O) groups is 4. The summed E-state index contributed by atoms with van der Waals surface area (Å²) in [6.45, 7) is 13.6. The zero-order valence-electron chi connectivity index (χ0n) is 18.6. The monoisotopic (exact) mass is 448 g/mol. The quantitative estimate of drug-likeness (QED) is 0.403. The molecular weight excluding hydrogens is 417 g/mol. The number of rotatable bonds is 7. The highest BCUT2D eigenvalue weighted by atomic mass is 19.4. The number of alkyl halides is 3. The van der Waals surface area contributed by atoms with Gasteiger partial charge in [-0.1, -0.05) is 41.2 Å². The molecule has 1 heterocycles. The Kier molecular flexibility index (Phi) is 8.27. The van der Waals surface area contributed by atoms with Gasteiger partial charge >= 0.3 is 12.1 Å². The van der Waals surface area contributed by atoms with Crippen molar-refractivity contribution in [2.45, 2.75) is 66.0 Å². The van der Waals surface area contributed by atoms with E-state index in [0.717, 1.165) is 13.0 Å². The van der Waals surface area contributed by atoms with E-state index in [2.05, 4.69) is 17.2 Å². The van der Waals surface area contributed by atoms with Crippen molar-refractivity contribution in [2.75, 3.05) is 6.54 Å². The van der Waals surface area contributed by atoms with Gasteiger partial charge in [0.25, 0.3) is 0 Å². The molecular formula is C20H31F3N4O4. The molecule has 1 aliphatic rings. The van der Waals surface area contributed by atoms with Crippen molar-refractivity contribution in [1.82, 2.24) is 20.9 Å². The second-order valence-corrected chi connectivity index (χ2v) is 8.82. The first-order chi connectivity index (χ1) is 14.0. The Morgan fingerprint density at radius 2 is 1.65 bits per heavy atom. The second kappa shape index (κ2) is 9.69. The van der Waals surface area contributed by atoms with Crippen LogP contribution in [0.4, 0.5) is 13.2 Å². The van der Waals surface area contributed by atoms with Crippen LogP contribution in [0.3, 0.4) is 0 Å². The Hall–Kier alpha value is -2.59. The number of hydrogen-bond acceptors (Lipinski definition) is 4. The van der Waals surface area contributed by atoms with Crippen LogP contribution in [0.25, 0.3) is 0 Å². The molecule has 1 unspecified atom stereocenters. The van der Waals surface area contributed by atoms with Gasteiger partial charge in [0.05, 0.1) is 0 Å². The Morgan fingerprint density at radius 1 is 1.10 bits per heavy atom. The highest BCUT2D eigenvalue weighted by Crippen LogP contribution is 2.40.